The van der Waals surface area contributed by atoms with E-state index in [0.29, 0.717) is 55.2 Å². The third-order valence-corrected chi connectivity index (χ3v) is 7.54. The van der Waals surface area contributed by atoms with Crippen LogP contribution >= 0.6 is 11.8 Å². The zero-order valence-electron chi connectivity index (χ0n) is 20.7. The van der Waals surface area contributed by atoms with Crippen LogP contribution in [0.5, 0.6) is 5.75 Å². The van der Waals surface area contributed by atoms with Crippen molar-refractivity contribution in [2.75, 3.05) is 37.9 Å². The molecule has 1 unspecified atom stereocenters. The van der Waals surface area contributed by atoms with Gasteiger partial charge in [-0.3, -0.25) is 4.79 Å². The summed E-state index contributed by atoms with van der Waals surface area (Å²) in [7, 11) is 0. The summed E-state index contributed by atoms with van der Waals surface area (Å²) in [5.41, 5.74) is 12.3. The first-order chi connectivity index (χ1) is 16.7. The molecular formula is C25H38FN5O3S. The molecule has 0 radical (unpaired) electrons. The van der Waals surface area contributed by atoms with Gasteiger partial charge in [-0.1, -0.05) is 19.9 Å². The minimum atomic E-state index is -0.740. The van der Waals surface area contributed by atoms with E-state index in [2.05, 4.69) is 4.99 Å². The largest absolute Gasteiger partial charge is 0.493 e. The molecule has 35 heavy (non-hydrogen) atoms. The molecule has 0 aliphatic carbocycles. The summed E-state index contributed by atoms with van der Waals surface area (Å²) in [4.78, 5) is 32.1. The van der Waals surface area contributed by atoms with Gasteiger partial charge in [-0.15, -0.1) is 11.8 Å². The fourth-order valence-corrected chi connectivity index (χ4v) is 5.17. The first-order valence-corrected chi connectivity index (χ1v) is 13.6. The molecule has 2 saturated heterocycles. The number of carbonyl (C=O) groups excluding carboxylic acids is 2. The van der Waals surface area contributed by atoms with Gasteiger partial charge < -0.3 is 26.0 Å². The summed E-state index contributed by atoms with van der Waals surface area (Å²) in [6.07, 6.45) is 3.88. The van der Waals surface area contributed by atoms with Gasteiger partial charge >= 0.3 is 6.03 Å². The molecule has 3 amide bonds. The number of benzene rings is 1. The van der Waals surface area contributed by atoms with E-state index < -0.39 is 11.9 Å². The highest BCUT2D eigenvalue weighted by Crippen LogP contribution is 2.24. The number of likely N-dealkylation sites (tertiary alicyclic amines) is 1. The molecule has 3 rings (SSSR count). The average molecular weight is 508 g/mol. The molecule has 0 saturated carbocycles. The van der Waals surface area contributed by atoms with Gasteiger partial charge in [0.1, 0.15) is 17.4 Å². The number of hydrogen-bond acceptors (Lipinski definition) is 5. The zero-order valence-corrected chi connectivity index (χ0v) is 21.6. The summed E-state index contributed by atoms with van der Waals surface area (Å²) < 4.78 is 20.3. The molecule has 2 aliphatic heterocycles. The van der Waals surface area contributed by atoms with Crippen molar-refractivity contribution in [3.8, 4) is 5.75 Å². The van der Waals surface area contributed by atoms with Gasteiger partial charge in [-0.25, -0.2) is 9.18 Å². The van der Waals surface area contributed by atoms with Crippen molar-refractivity contribution in [1.82, 2.24) is 9.80 Å². The number of nitrogens with two attached hydrogens (primary N) is 2. The summed E-state index contributed by atoms with van der Waals surface area (Å²) in [5, 5.41) is 0. The van der Waals surface area contributed by atoms with Gasteiger partial charge in [0.2, 0.25) is 5.91 Å². The fourth-order valence-electron chi connectivity index (χ4n) is 4.22. The molecule has 0 bridgehead atoms. The highest BCUT2D eigenvalue weighted by molar-refractivity contribution is 7.99. The number of ether oxygens (including phenoxy) is 1. The Hall–Kier alpha value is -2.33. The predicted octanol–water partition coefficient (Wildman–Crippen LogP) is 3.23. The molecule has 4 N–H and O–H groups in total. The van der Waals surface area contributed by atoms with E-state index in [-0.39, 0.29) is 24.3 Å². The standard InChI is InChI=1S/C25H38FN5O3S/c1-17(2)23(28)29-25(33)30-9-7-18(8-10-30)4-3-12-34-20-6-5-19(21(26)15-20)14-22(27)24(32)31-11-13-35-16-31/h5-6,15,17-18,22H,3-4,7-14,16,27H2,1-2H3,(H2,28,29,33). The van der Waals surface area contributed by atoms with Crippen molar-refractivity contribution in [3.63, 3.8) is 0 Å². The lowest BCUT2D eigenvalue weighted by Crippen LogP contribution is -2.43. The molecule has 2 heterocycles. The lowest BCUT2D eigenvalue weighted by Gasteiger charge is -2.30. The van der Waals surface area contributed by atoms with E-state index in [1.807, 2.05) is 13.8 Å². The minimum absolute atomic E-state index is 0.0574. The maximum absolute atomic E-state index is 14.6. The summed E-state index contributed by atoms with van der Waals surface area (Å²) in [6.45, 7) is 6.40. The number of thioether (sulfide) groups is 1. The Morgan fingerprint density at radius 1 is 1.23 bits per heavy atom. The third-order valence-electron chi connectivity index (χ3n) is 6.57. The molecule has 0 aromatic heterocycles. The van der Waals surface area contributed by atoms with Crippen molar-refractivity contribution in [3.05, 3.63) is 29.6 Å². The predicted molar refractivity (Wildman–Crippen MR) is 138 cm³/mol. The first kappa shape index (κ1) is 27.3. The van der Waals surface area contributed by atoms with Crippen LogP contribution in [0.2, 0.25) is 0 Å². The van der Waals surface area contributed by atoms with E-state index in [0.717, 1.165) is 31.4 Å². The van der Waals surface area contributed by atoms with Gasteiger partial charge in [0, 0.05) is 37.4 Å². The van der Waals surface area contributed by atoms with Crippen molar-refractivity contribution in [1.29, 1.82) is 0 Å². The topological polar surface area (TPSA) is 114 Å². The number of carbonyl (C=O) groups is 2. The van der Waals surface area contributed by atoms with Crippen LogP contribution in [0.25, 0.3) is 0 Å². The minimum Gasteiger partial charge on any atom is -0.493 e. The van der Waals surface area contributed by atoms with Crippen LogP contribution in [0.15, 0.2) is 23.2 Å². The number of amidine groups is 1. The average Bonchev–Trinajstić information content (AvgIpc) is 3.38. The second kappa shape index (κ2) is 13.1. The molecule has 2 fully saturated rings. The summed E-state index contributed by atoms with van der Waals surface area (Å²) in [5.74, 6) is 2.47. The normalized spacial score (nSPS) is 18.3. The summed E-state index contributed by atoms with van der Waals surface area (Å²) >= 11 is 1.70. The fraction of sp³-hybridized carbons (Fsp3) is 0.640. The smallest absolute Gasteiger partial charge is 0.345 e. The number of hydrogen-bond donors (Lipinski definition) is 2. The Bertz CT molecular complexity index is 899. The molecule has 1 aromatic rings. The number of rotatable bonds is 9. The lowest BCUT2D eigenvalue weighted by atomic mass is 9.92. The molecule has 2 aliphatic rings. The molecular weight excluding hydrogens is 469 g/mol. The number of urea groups is 1. The van der Waals surface area contributed by atoms with Gasteiger partial charge in [-0.05, 0) is 49.7 Å². The second-order valence-corrected chi connectivity index (χ2v) is 10.7. The van der Waals surface area contributed by atoms with Crippen LogP contribution in [-0.4, -0.2) is 71.5 Å². The van der Waals surface area contributed by atoms with Gasteiger partial charge in [0.25, 0.3) is 0 Å². The highest BCUT2D eigenvalue weighted by Gasteiger charge is 2.25. The number of nitrogens with zero attached hydrogens (tertiary/aromatic N) is 3. The number of piperidine rings is 1. The Morgan fingerprint density at radius 3 is 2.60 bits per heavy atom. The van der Waals surface area contributed by atoms with Crippen LogP contribution in [0.3, 0.4) is 0 Å². The van der Waals surface area contributed by atoms with E-state index in [4.69, 9.17) is 16.2 Å². The third kappa shape index (κ3) is 8.10. The maximum atomic E-state index is 14.6. The first-order valence-electron chi connectivity index (χ1n) is 12.4. The second-order valence-electron chi connectivity index (χ2n) is 9.60. The Morgan fingerprint density at radius 2 is 1.97 bits per heavy atom. The van der Waals surface area contributed by atoms with Crippen LogP contribution in [0.4, 0.5) is 9.18 Å². The van der Waals surface area contributed by atoms with Gasteiger partial charge in [-0.2, -0.15) is 4.99 Å². The van der Waals surface area contributed by atoms with Crippen LogP contribution in [-0.2, 0) is 11.2 Å². The Balaban J connectivity index is 1.36. The van der Waals surface area contributed by atoms with Crippen molar-refractivity contribution < 1.29 is 18.7 Å². The molecule has 194 valence electrons. The zero-order chi connectivity index (χ0) is 25.4. The quantitative estimate of drug-likeness (QED) is 0.301. The summed E-state index contributed by atoms with van der Waals surface area (Å²) in [6, 6.07) is 3.76. The van der Waals surface area contributed by atoms with Crippen LogP contribution in [0, 0.1) is 17.7 Å². The Kier molecular flexibility index (Phi) is 10.2. The van der Waals surface area contributed by atoms with Crippen molar-refractivity contribution in [2.45, 2.75) is 52.0 Å². The highest BCUT2D eigenvalue weighted by atomic mass is 32.2. The van der Waals surface area contributed by atoms with Gasteiger partial charge in [0.15, 0.2) is 0 Å². The number of amides is 3. The number of halogens is 1. The van der Waals surface area contributed by atoms with E-state index in [1.165, 1.54) is 6.07 Å². The van der Waals surface area contributed by atoms with E-state index in [9.17, 15) is 14.0 Å². The SMILES string of the molecule is CC(C)/C(N)=N/C(=O)N1CCC(CCCOc2ccc(CC(N)C(=O)N3CCSC3)c(F)c2)CC1. The van der Waals surface area contributed by atoms with E-state index >= 15 is 0 Å². The van der Waals surface area contributed by atoms with Gasteiger partial charge in [0.05, 0.1) is 18.5 Å². The molecule has 0 spiro atoms. The molecule has 1 atom stereocenters. The number of aliphatic imine (C=N–C) groups is 1. The molecule has 10 heteroatoms. The maximum Gasteiger partial charge on any atom is 0.345 e. The monoisotopic (exact) mass is 507 g/mol. The molecule has 1 aromatic carbocycles. The van der Waals surface area contributed by atoms with Crippen molar-refractivity contribution in [2.24, 2.45) is 28.3 Å². The molecule has 8 nitrogen and oxygen atoms in total. The van der Waals surface area contributed by atoms with Crippen LogP contribution in [0.1, 0.15) is 45.1 Å². The van der Waals surface area contributed by atoms with Crippen molar-refractivity contribution >= 4 is 29.5 Å². The lowest BCUT2D eigenvalue weighted by molar-refractivity contribution is -0.131. The van der Waals surface area contributed by atoms with E-state index in [1.54, 1.807) is 33.7 Å². The Labute approximate surface area is 211 Å². The van der Waals surface area contributed by atoms with Crippen LogP contribution < -0.4 is 16.2 Å².